The average molecular weight is 273 g/mol. The van der Waals surface area contributed by atoms with Gasteiger partial charge in [-0.2, -0.15) is 5.26 Å². The average Bonchev–Trinajstić information content (AvgIpc) is 2.80. The molecule has 0 radical (unpaired) electrons. The molecule has 1 aromatic rings. The quantitative estimate of drug-likeness (QED) is 0.810. The van der Waals surface area contributed by atoms with Gasteiger partial charge in [0.25, 0.3) is 0 Å². The molecule has 5 rings (SSSR count). The first kappa shape index (κ1) is 11.8. The van der Waals surface area contributed by atoms with Crippen LogP contribution in [0.2, 0.25) is 0 Å². The SMILES string of the molecule is COc1sc(C2C3CC4CC(C3)CC2C4)cc1C#N. The predicted octanol–water partition coefficient (Wildman–Crippen LogP) is 4.17. The van der Waals surface area contributed by atoms with Gasteiger partial charge in [-0.05, 0) is 67.8 Å². The van der Waals surface area contributed by atoms with Crippen LogP contribution in [0.1, 0.15) is 48.5 Å². The molecule has 0 spiro atoms. The largest absolute Gasteiger partial charge is 0.486 e. The van der Waals surface area contributed by atoms with Gasteiger partial charge in [-0.25, -0.2) is 0 Å². The third kappa shape index (κ3) is 1.73. The molecule has 19 heavy (non-hydrogen) atoms. The van der Waals surface area contributed by atoms with E-state index in [4.69, 9.17) is 4.74 Å². The maximum absolute atomic E-state index is 9.19. The zero-order chi connectivity index (χ0) is 13.0. The van der Waals surface area contributed by atoms with Crippen molar-refractivity contribution < 1.29 is 4.74 Å². The lowest BCUT2D eigenvalue weighted by molar-refractivity contribution is -0.00161. The Hall–Kier alpha value is -1.01. The molecule has 4 aliphatic rings. The van der Waals surface area contributed by atoms with Gasteiger partial charge in [0.2, 0.25) is 0 Å². The molecule has 100 valence electrons. The number of rotatable bonds is 2. The highest BCUT2D eigenvalue weighted by molar-refractivity contribution is 7.14. The van der Waals surface area contributed by atoms with E-state index < -0.39 is 0 Å². The first-order valence-electron chi connectivity index (χ1n) is 7.36. The predicted molar refractivity (Wildman–Crippen MR) is 75.4 cm³/mol. The summed E-state index contributed by atoms with van der Waals surface area (Å²) in [6, 6.07) is 4.38. The topological polar surface area (TPSA) is 33.0 Å². The van der Waals surface area contributed by atoms with Crippen LogP contribution in [0.5, 0.6) is 5.06 Å². The van der Waals surface area contributed by atoms with E-state index >= 15 is 0 Å². The molecular weight excluding hydrogens is 254 g/mol. The van der Waals surface area contributed by atoms with E-state index in [9.17, 15) is 5.26 Å². The molecule has 1 aromatic heterocycles. The molecule has 0 amide bonds. The van der Waals surface area contributed by atoms with Crippen molar-refractivity contribution in [2.24, 2.45) is 23.7 Å². The number of nitrogens with zero attached hydrogens (tertiary/aromatic N) is 1. The number of hydrogen-bond donors (Lipinski definition) is 0. The van der Waals surface area contributed by atoms with E-state index in [1.807, 2.05) is 0 Å². The summed E-state index contributed by atoms with van der Waals surface area (Å²) in [5.74, 6) is 4.50. The van der Waals surface area contributed by atoms with Crippen molar-refractivity contribution in [3.63, 3.8) is 0 Å². The van der Waals surface area contributed by atoms with Crippen LogP contribution in [0.25, 0.3) is 0 Å². The molecule has 1 heterocycles. The minimum atomic E-state index is 0.716. The first-order valence-corrected chi connectivity index (χ1v) is 8.18. The second kappa shape index (κ2) is 4.24. The first-order chi connectivity index (χ1) is 9.28. The molecular formula is C16H19NOS. The summed E-state index contributed by atoms with van der Waals surface area (Å²) in [4.78, 5) is 1.42. The van der Waals surface area contributed by atoms with Crippen molar-refractivity contribution in [3.05, 3.63) is 16.5 Å². The Balaban J connectivity index is 1.69. The number of ether oxygens (including phenoxy) is 1. The van der Waals surface area contributed by atoms with Crippen LogP contribution in [0.3, 0.4) is 0 Å². The van der Waals surface area contributed by atoms with Gasteiger partial charge in [0.1, 0.15) is 11.6 Å². The molecule has 0 aliphatic heterocycles. The molecule has 4 aliphatic carbocycles. The van der Waals surface area contributed by atoms with Crippen molar-refractivity contribution >= 4 is 11.3 Å². The number of nitriles is 1. The highest BCUT2D eigenvalue weighted by Crippen LogP contribution is 2.60. The van der Waals surface area contributed by atoms with Gasteiger partial charge >= 0.3 is 0 Å². The Bertz CT molecular complexity index is 513. The fraction of sp³-hybridized carbons (Fsp3) is 0.688. The Morgan fingerprint density at radius 2 is 1.79 bits per heavy atom. The molecule has 3 heteroatoms. The monoisotopic (exact) mass is 273 g/mol. The van der Waals surface area contributed by atoms with Crippen molar-refractivity contribution in [2.45, 2.75) is 38.0 Å². The summed E-state index contributed by atoms with van der Waals surface area (Å²) in [5.41, 5.74) is 0.733. The minimum absolute atomic E-state index is 0.716. The summed E-state index contributed by atoms with van der Waals surface area (Å²) in [5, 5.41) is 10.0. The molecule has 4 saturated carbocycles. The summed E-state index contributed by atoms with van der Waals surface area (Å²) in [6.45, 7) is 0. The molecule has 0 aromatic carbocycles. The van der Waals surface area contributed by atoms with E-state index in [-0.39, 0.29) is 0 Å². The fourth-order valence-corrected chi connectivity index (χ4v) is 6.39. The van der Waals surface area contributed by atoms with Gasteiger partial charge in [0, 0.05) is 4.88 Å². The third-order valence-corrected chi connectivity index (χ3v) is 6.78. The summed E-state index contributed by atoms with van der Waals surface area (Å²) in [6.07, 6.45) is 7.22. The third-order valence-electron chi connectivity index (χ3n) is 5.58. The van der Waals surface area contributed by atoms with Crippen molar-refractivity contribution in [1.29, 1.82) is 5.26 Å². The lowest BCUT2D eigenvalue weighted by Gasteiger charge is -2.54. The van der Waals surface area contributed by atoms with Crippen LogP contribution >= 0.6 is 11.3 Å². The van der Waals surface area contributed by atoms with E-state index in [2.05, 4.69) is 12.1 Å². The molecule has 0 saturated heterocycles. The molecule has 0 N–H and O–H groups in total. The van der Waals surface area contributed by atoms with Crippen molar-refractivity contribution in [1.82, 2.24) is 0 Å². The molecule has 2 nitrogen and oxygen atoms in total. The van der Waals surface area contributed by atoms with Gasteiger partial charge in [0.15, 0.2) is 5.06 Å². The number of methoxy groups -OCH3 is 1. The smallest absolute Gasteiger partial charge is 0.191 e. The van der Waals surface area contributed by atoms with E-state index in [0.29, 0.717) is 5.92 Å². The Morgan fingerprint density at radius 3 is 2.26 bits per heavy atom. The lowest BCUT2D eigenvalue weighted by atomic mass is 9.51. The van der Waals surface area contributed by atoms with Gasteiger partial charge in [-0.1, -0.05) is 0 Å². The Kier molecular flexibility index (Phi) is 2.63. The minimum Gasteiger partial charge on any atom is -0.486 e. The van der Waals surface area contributed by atoms with E-state index in [1.165, 1.54) is 37.0 Å². The van der Waals surface area contributed by atoms with Crippen molar-refractivity contribution in [3.8, 4) is 11.1 Å². The zero-order valence-electron chi connectivity index (χ0n) is 11.3. The summed E-state index contributed by atoms with van der Waals surface area (Å²) < 4.78 is 5.36. The maximum Gasteiger partial charge on any atom is 0.191 e. The number of thiophene rings is 1. The highest BCUT2D eigenvalue weighted by Gasteiger charge is 2.49. The Labute approximate surface area is 118 Å². The van der Waals surface area contributed by atoms with E-state index in [1.54, 1.807) is 18.4 Å². The van der Waals surface area contributed by atoms with Crippen LogP contribution in [0.15, 0.2) is 6.07 Å². The Morgan fingerprint density at radius 1 is 1.16 bits per heavy atom. The van der Waals surface area contributed by atoms with Crippen LogP contribution in [0.4, 0.5) is 0 Å². The standard InChI is InChI=1S/C16H19NOS/c1-18-16-13(8-17)7-14(19-16)15-11-3-9-2-10(5-11)6-12(15)4-9/h7,9-12,15H,2-6H2,1H3. The molecule has 0 unspecified atom stereocenters. The zero-order valence-corrected chi connectivity index (χ0v) is 12.1. The summed E-state index contributed by atoms with van der Waals surface area (Å²) >= 11 is 1.72. The second-order valence-electron chi connectivity index (χ2n) is 6.62. The fourth-order valence-electron chi connectivity index (χ4n) is 5.18. The summed E-state index contributed by atoms with van der Waals surface area (Å²) in [7, 11) is 1.67. The highest BCUT2D eigenvalue weighted by atomic mass is 32.1. The maximum atomic E-state index is 9.19. The van der Waals surface area contributed by atoms with Crippen LogP contribution in [0, 0.1) is 35.0 Å². The van der Waals surface area contributed by atoms with Crippen LogP contribution in [-0.4, -0.2) is 7.11 Å². The number of hydrogen-bond acceptors (Lipinski definition) is 3. The van der Waals surface area contributed by atoms with Gasteiger partial charge < -0.3 is 4.74 Å². The second-order valence-corrected chi connectivity index (χ2v) is 7.67. The van der Waals surface area contributed by atoms with Crippen LogP contribution < -0.4 is 4.74 Å². The van der Waals surface area contributed by atoms with Gasteiger partial charge in [0.05, 0.1) is 7.11 Å². The van der Waals surface area contributed by atoms with Gasteiger partial charge in [-0.3, -0.25) is 0 Å². The lowest BCUT2D eigenvalue weighted by Crippen LogP contribution is -2.43. The van der Waals surface area contributed by atoms with Crippen molar-refractivity contribution in [2.75, 3.05) is 7.11 Å². The molecule has 0 atom stereocenters. The van der Waals surface area contributed by atoms with Crippen LogP contribution in [-0.2, 0) is 0 Å². The van der Waals surface area contributed by atoms with Gasteiger partial charge in [-0.15, -0.1) is 11.3 Å². The molecule has 4 bridgehead atoms. The van der Waals surface area contributed by atoms with E-state index in [0.717, 1.165) is 34.3 Å². The molecule has 4 fully saturated rings. The normalized spacial score (nSPS) is 39.3.